The molecule has 110 valence electrons. The molecule has 22 heavy (non-hydrogen) atoms. The molecule has 2 aromatic carbocycles. The van der Waals surface area contributed by atoms with Crippen molar-refractivity contribution >= 4 is 39.9 Å². The topological polar surface area (TPSA) is 83.6 Å². The number of carbonyl (C=O) groups excluding carboxylic acids is 1. The van der Waals surface area contributed by atoms with E-state index in [4.69, 9.17) is 17.3 Å². The first-order chi connectivity index (χ1) is 10.6. The lowest BCUT2D eigenvalue weighted by molar-refractivity contribution is 0.0991. The number of benzene rings is 2. The van der Waals surface area contributed by atoms with Gasteiger partial charge in [0.25, 0.3) is 5.91 Å². The van der Waals surface area contributed by atoms with Crippen molar-refractivity contribution < 1.29 is 9.18 Å². The lowest BCUT2D eigenvalue weighted by Crippen LogP contribution is -1.99. The Morgan fingerprint density at radius 3 is 2.59 bits per heavy atom. The lowest BCUT2D eigenvalue weighted by atomic mass is 10.2. The number of aromatic amines is 1. The maximum atomic E-state index is 13.6. The minimum absolute atomic E-state index is 0.0141. The molecule has 0 fully saturated rings. The van der Waals surface area contributed by atoms with Crippen molar-refractivity contribution in [3.63, 3.8) is 0 Å². The van der Waals surface area contributed by atoms with Crippen LogP contribution in [0.15, 0.2) is 52.7 Å². The molecule has 5 nitrogen and oxygen atoms in total. The number of azo groups is 1. The van der Waals surface area contributed by atoms with Crippen LogP contribution in [0, 0.1) is 5.82 Å². The second kappa shape index (κ2) is 5.57. The summed E-state index contributed by atoms with van der Waals surface area (Å²) in [6, 6.07) is 11.2. The van der Waals surface area contributed by atoms with E-state index in [2.05, 4.69) is 15.2 Å². The SMILES string of the molecule is Nc1[nH]c(N=NC(=O)c2c(F)cccc2Cl)c2ccccc12. The van der Waals surface area contributed by atoms with Crippen LogP contribution in [0.3, 0.4) is 0 Å². The molecule has 0 atom stereocenters. The van der Waals surface area contributed by atoms with Crippen LogP contribution >= 0.6 is 11.6 Å². The van der Waals surface area contributed by atoms with Gasteiger partial charge < -0.3 is 10.7 Å². The minimum Gasteiger partial charge on any atom is -0.385 e. The number of H-pyrrole nitrogens is 1. The normalized spacial score (nSPS) is 11.4. The largest absolute Gasteiger partial charge is 0.385 e. The fourth-order valence-corrected chi connectivity index (χ4v) is 2.36. The molecule has 0 unspecified atom stereocenters. The van der Waals surface area contributed by atoms with Gasteiger partial charge in [0.2, 0.25) is 0 Å². The van der Waals surface area contributed by atoms with Crippen molar-refractivity contribution in [2.24, 2.45) is 10.2 Å². The van der Waals surface area contributed by atoms with E-state index in [1.165, 1.54) is 12.1 Å². The predicted molar refractivity (Wildman–Crippen MR) is 83.0 cm³/mol. The van der Waals surface area contributed by atoms with Gasteiger partial charge in [-0.15, -0.1) is 10.2 Å². The molecule has 0 aliphatic carbocycles. The molecule has 0 aliphatic rings. The predicted octanol–water partition coefficient (Wildman–Crippen LogP) is 4.47. The van der Waals surface area contributed by atoms with E-state index in [1.807, 2.05) is 18.2 Å². The van der Waals surface area contributed by atoms with E-state index in [1.54, 1.807) is 6.07 Å². The van der Waals surface area contributed by atoms with Crippen molar-refractivity contribution in [2.45, 2.75) is 0 Å². The number of carbonyl (C=O) groups is 1. The monoisotopic (exact) mass is 316 g/mol. The van der Waals surface area contributed by atoms with E-state index < -0.39 is 11.7 Å². The summed E-state index contributed by atoms with van der Waals surface area (Å²) in [7, 11) is 0. The summed E-state index contributed by atoms with van der Waals surface area (Å²) in [5.41, 5.74) is 5.51. The molecule has 1 heterocycles. The molecular formula is C15H10ClFN4O. The number of nitrogens with zero attached hydrogens (tertiary/aromatic N) is 2. The van der Waals surface area contributed by atoms with Gasteiger partial charge in [-0.05, 0) is 12.1 Å². The molecule has 3 aromatic rings. The highest BCUT2D eigenvalue weighted by atomic mass is 35.5. The smallest absolute Gasteiger partial charge is 0.299 e. The van der Waals surface area contributed by atoms with Crippen LogP contribution in [0.4, 0.5) is 16.0 Å². The molecule has 0 saturated carbocycles. The molecule has 0 aliphatic heterocycles. The van der Waals surface area contributed by atoms with Crippen LogP contribution in [0.2, 0.25) is 5.02 Å². The number of aromatic nitrogens is 1. The number of hydrogen-bond donors (Lipinski definition) is 2. The van der Waals surface area contributed by atoms with Gasteiger partial charge in [-0.3, -0.25) is 4.79 Å². The van der Waals surface area contributed by atoms with Crippen molar-refractivity contribution in [1.29, 1.82) is 0 Å². The van der Waals surface area contributed by atoms with E-state index in [-0.39, 0.29) is 10.6 Å². The van der Waals surface area contributed by atoms with Crippen molar-refractivity contribution in [1.82, 2.24) is 4.98 Å². The van der Waals surface area contributed by atoms with Gasteiger partial charge in [-0.1, -0.05) is 41.9 Å². The first-order valence-electron chi connectivity index (χ1n) is 6.34. The number of anilines is 1. The summed E-state index contributed by atoms with van der Waals surface area (Å²) >= 11 is 5.81. The summed E-state index contributed by atoms with van der Waals surface area (Å²) < 4.78 is 13.6. The summed E-state index contributed by atoms with van der Waals surface area (Å²) in [6.45, 7) is 0. The van der Waals surface area contributed by atoms with Gasteiger partial charge in [0.1, 0.15) is 11.6 Å². The molecule has 0 saturated heterocycles. The highest BCUT2D eigenvalue weighted by Gasteiger charge is 2.15. The number of hydrogen-bond acceptors (Lipinski definition) is 3. The fourth-order valence-electron chi connectivity index (χ4n) is 2.11. The van der Waals surface area contributed by atoms with Crippen LogP contribution in [0.5, 0.6) is 0 Å². The third-order valence-electron chi connectivity index (χ3n) is 3.14. The Hall–Kier alpha value is -2.73. The molecule has 1 amide bonds. The molecular weight excluding hydrogens is 307 g/mol. The maximum absolute atomic E-state index is 13.6. The van der Waals surface area contributed by atoms with Gasteiger partial charge >= 0.3 is 0 Å². The van der Waals surface area contributed by atoms with Crippen molar-refractivity contribution in [3.8, 4) is 0 Å². The first kappa shape index (κ1) is 14.2. The zero-order valence-corrected chi connectivity index (χ0v) is 11.9. The summed E-state index contributed by atoms with van der Waals surface area (Å²) in [4.78, 5) is 14.8. The Balaban J connectivity index is 1.98. The third kappa shape index (κ3) is 2.44. The maximum Gasteiger partial charge on any atom is 0.299 e. The summed E-state index contributed by atoms with van der Waals surface area (Å²) in [5.74, 6) is -0.859. The van der Waals surface area contributed by atoms with E-state index >= 15 is 0 Å². The zero-order valence-electron chi connectivity index (χ0n) is 11.2. The number of amides is 1. The molecule has 3 rings (SSSR count). The van der Waals surface area contributed by atoms with Gasteiger partial charge in [0.15, 0.2) is 5.82 Å². The zero-order chi connectivity index (χ0) is 15.7. The Kier molecular flexibility index (Phi) is 3.60. The molecule has 3 N–H and O–H groups in total. The van der Waals surface area contributed by atoms with Crippen molar-refractivity contribution in [2.75, 3.05) is 5.73 Å². The standard InChI is InChI=1S/C15H10ClFN4O/c16-10-6-3-7-11(17)12(10)15(22)21-20-14-9-5-2-1-4-8(9)13(18)19-14/h1-7,19H,18H2. The Morgan fingerprint density at radius 1 is 1.14 bits per heavy atom. The van der Waals surface area contributed by atoms with E-state index in [0.29, 0.717) is 11.6 Å². The fraction of sp³-hybridized carbons (Fsp3) is 0. The Bertz CT molecular complexity index is 883. The van der Waals surface area contributed by atoms with E-state index in [0.717, 1.165) is 16.8 Å². The number of fused-ring (bicyclic) bond motifs is 1. The molecule has 0 radical (unpaired) electrons. The highest BCUT2D eigenvalue weighted by Crippen LogP contribution is 2.30. The number of rotatable bonds is 2. The second-order valence-corrected chi connectivity index (χ2v) is 4.94. The number of nitrogens with one attached hydrogen (secondary N) is 1. The molecule has 0 spiro atoms. The third-order valence-corrected chi connectivity index (χ3v) is 3.46. The van der Waals surface area contributed by atoms with Crippen LogP contribution in [-0.2, 0) is 0 Å². The van der Waals surface area contributed by atoms with Crippen LogP contribution in [0.25, 0.3) is 10.8 Å². The molecule has 0 bridgehead atoms. The molecule has 7 heteroatoms. The Labute approximate surface area is 129 Å². The summed E-state index contributed by atoms with van der Waals surface area (Å²) in [6.07, 6.45) is 0. The van der Waals surface area contributed by atoms with Crippen LogP contribution in [-0.4, -0.2) is 10.9 Å². The van der Waals surface area contributed by atoms with Gasteiger partial charge in [-0.25, -0.2) is 4.39 Å². The lowest BCUT2D eigenvalue weighted by Gasteiger charge is -1.99. The second-order valence-electron chi connectivity index (χ2n) is 4.53. The minimum atomic E-state index is -0.861. The molecule has 1 aromatic heterocycles. The number of nitrogen functional groups attached to an aromatic ring is 1. The highest BCUT2D eigenvalue weighted by molar-refractivity contribution is 6.33. The van der Waals surface area contributed by atoms with Crippen molar-refractivity contribution in [3.05, 3.63) is 58.9 Å². The summed E-state index contributed by atoms with van der Waals surface area (Å²) in [5, 5.41) is 8.83. The van der Waals surface area contributed by atoms with Crippen LogP contribution < -0.4 is 5.73 Å². The Morgan fingerprint density at radius 2 is 1.86 bits per heavy atom. The number of nitrogens with two attached hydrogens (primary N) is 1. The first-order valence-corrected chi connectivity index (χ1v) is 6.72. The van der Waals surface area contributed by atoms with Crippen LogP contribution in [0.1, 0.15) is 10.4 Å². The average Bonchev–Trinajstić information content (AvgIpc) is 2.82. The number of halogens is 2. The van der Waals surface area contributed by atoms with E-state index in [9.17, 15) is 9.18 Å². The van der Waals surface area contributed by atoms with Gasteiger partial charge in [-0.2, -0.15) is 0 Å². The van der Waals surface area contributed by atoms with Gasteiger partial charge in [0, 0.05) is 10.8 Å². The average molecular weight is 317 g/mol. The quantitative estimate of drug-likeness (QED) is 0.684. The van der Waals surface area contributed by atoms with Gasteiger partial charge in [0.05, 0.1) is 10.6 Å².